The highest BCUT2D eigenvalue weighted by atomic mass is 35.5. The predicted octanol–water partition coefficient (Wildman–Crippen LogP) is 1.73. The molecule has 0 aromatic carbocycles. The molecule has 5 atom stereocenters. The Morgan fingerprint density at radius 1 is 1.32 bits per heavy atom. The van der Waals surface area contributed by atoms with Gasteiger partial charge in [-0.05, 0) is 26.7 Å². The van der Waals surface area contributed by atoms with E-state index in [1.54, 1.807) is 18.1 Å². The first-order chi connectivity index (χ1) is 16.2. The maximum atomic E-state index is 13.4. The quantitative estimate of drug-likeness (QED) is 0.555. The molecule has 1 N–H and O–H groups in total. The van der Waals surface area contributed by atoms with E-state index in [-0.39, 0.29) is 36.7 Å². The molecule has 1 fully saturated rings. The second-order valence-electron chi connectivity index (χ2n) is 8.36. The van der Waals surface area contributed by atoms with E-state index in [9.17, 15) is 8.42 Å². The molecule has 2 aliphatic heterocycles. The molecule has 14 heteroatoms. The fraction of sp³-hybridized carbons (Fsp3) is 0.600. The van der Waals surface area contributed by atoms with Crippen LogP contribution in [-0.4, -0.2) is 77.2 Å². The van der Waals surface area contributed by atoms with Crippen molar-refractivity contribution in [3.05, 3.63) is 41.3 Å². The standard InChI is InChI=1S/C20H28ClN7O5S/c1-12-5-6-16(33-12)19-27(3)24-20(28(19)11-15-7-8-32-25-15)26-34(29,30)13(2)17(31-4)18-22-9-14(21)10-23-18/h7-10,12-13,16-17,19H,5-6,11H2,1-4H3,(H,24,26)/t12-,13-,16-,17-,19?/m0/s1. The SMILES string of the molecule is CO[C@H](c1ncc(Cl)cn1)[C@H](C)S(=O)(=O)NC1=NN(C)C([C@@H]2CC[C@H](C)O2)N1Cc1ccon1. The summed E-state index contributed by atoms with van der Waals surface area (Å²) in [5.41, 5.74) is 0.635. The monoisotopic (exact) mass is 513 g/mol. The first-order valence-electron chi connectivity index (χ1n) is 10.8. The van der Waals surface area contributed by atoms with Crippen LogP contribution in [0.5, 0.6) is 0 Å². The van der Waals surface area contributed by atoms with E-state index >= 15 is 0 Å². The first-order valence-corrected chi connectivity index (χ1v) is 12.8. The van der Waals surface area contributed by atoms with Gasteiger partial charge < -0.3 is 18.9 Å². The van der Waals surface area contributed by atoms with Gasteiger partial charge in [-0.25, -0.2) is 18.4 Å². The number of hydrazone groups is 1. The van der Waals surface area contributed by atoms with E-state index < -0.39 is 21.4 Å². The smallest absolute Gasteiger partial charge is 0.240 e. The van der Waals surface area contributed by atoms with E-state index in [1.165, 1.54) is 32.7 Å². The largest absolute Gasteiger partial charge is 0.372 e. The van der Waals surface area contributed by atoms with Gasteiger partial charge in [0.2, 0.25) is 16.0 Å². The van der Waals surface area contributed by atoms with Gasteiger partial charge >= 0.3 is 0 Å². The maximum absolute atomic E-state index is 13.4. The molecule has 0 spiro atoms. The van der Waals surface area contributed by atoms with Crippen molar-refractivity contribution in [2.45, 2.75) is 63.0 Å². The number of halogens is 1. The molecule has 2 aliphatic rings. The number of likely N-dealkylation sites (N-methyl/N-ethyl adjacent to an activating group) is 1. The molecule has 2 aromatic heterocycles. The van der Waals surface area contributed by atoms with Crippen LogP contribution in [0, 0.1) is 0 Å². The van der Waals surface area contributed by atoms with Gasteiger partial charge in [-0.15, -0.1) is 5.10 Å². The minimum Gasteiger partial charge on any atom is -0.372 e. The minimum absolute atomic E-state index is 0.120. The number of rotatable bonds is 8. The topological polar surface area (TPSA) is 135 Å². The summed E-state index contributed by atoms with van der Waals surface area (Å²) >= 11 is 5.86. The summed E-state index contributed by atoms with van der Waals surface area (Å²) in [6.45, 7) is 3.82. The second kappa shape index (κ2) is 10.0. The Balaban J connectivity index is 1.58. The Bertz CT molecular complexity index is 1100. The predicted molar refractivity (Wildman–Crippen MR) is 123 cm³/mol. The van der Waals surface area contributed by atoms with Crippen LogP contribution in [0.25, 0.3) is 0 Å². The molecule has 12 nitrogen and oxygen atoms in total. The zero-order chi connectivity index (χ0) is 24.5. The molecule has 4 rings (SSSR count). The van der Waals surface area contributed by atoms with Crippen LogP contribution in [0.3, 0.4) is 0 Å². The number of ether oxygens (including phenoxy) is 2. The third kappa shape index (κ3) is 5.11. The van der Waals surface area contributed by atoms with Crippen molar-refractivity contribution >= 4 is 27.6 Å². The van der Waals surface area contributed by atoms with Crippen molar-refractivity contribution in [3.63, 3.8) is 0 Å². The molecular weight excluding hydrogens is 486 g/mol. The molecular formula is C20H28ClN7O5S. The molecule has 0 radical (unpaired) electrons. The van der Waals surface area contributed by atoms with Gasteiger partial charge in [0.1, 0.15) is 29.5 Å². The number of hydrogen-bond donors (Lipinski definition) is 1. The molecule has 0 saturated carbocycles. The van der Waals surface area contributed by atoms with Crippen LogP contribution in [0.4, 0.5) is 0 Å². The van der Waals surface area contributed by atoms with Crippen LogP contribution in [0.15, 0.2) is 34.3 Å². The van der Waals surface area contributed by atoms with Gasteiger partial charge in [0, 0.05) is 32.6 Å². The Labute approximate surface area is 203 Å². The molecule has 1 saturated heterocycles. The lowest BCUT2D eigenvalue weighted by molar-refractivity contribution is -0.0335. The van der Waals surface area contributed by atoms with Crippen molar-refractivity contribution in [2.75, 3.05) is 14.2 Å². The Kier molecular flexibility index (Phi) is 7.26. The average molecular weight is 514 g/mol. The number of guanidine groups is 1. The van der Waals surface area contributed by atoms with E-state index in [2.05, 4.69) is 24.9 Å². The number of sulfonamides is 1. The highest BCUT2D eigenvalue weighted by Crippen LogP contribution is 2.30. The molecule has 186 valence electrons. The molecule has 0 bridgehead atoms. The summed E-state index contributed by atoms with van der Waals surface area (Å²) in [5.74, 6) is 0.373. The number of methoxy groups -OCH3 is 1. The fourth-order valence-electron chi connectivity index (χ4n) is 4.19. The number of aromatic nitrogens is 3. The highest BCUT2D eigenvalue weighted by molar-refractivity contribution is 7.90. The number of nitrogens with one attached hydrogen (secondary N) is 1. The Morgan fingerprint density at radius 3 is 2.65 bits per heavy atom. The zero-order valence-corrected chi connectivity index (χ0v) is 20.9. The average Bonchev–Trinajstić information content (AvgIpc) is 3.52. The molecule has 34 heavy (non-hydrogen) atoms. The van der Waals surface area contributed by atoms with E-state index in [1.807, 2.05) is 11.8 Å². The summed E-state index contributed by atoms with van der Waals surface area (Å²) in [5, 5.41) is 9.49. The van der Waals surface area contributed by atoms with Crippen LogP contribution in [0.1, 0.15) is 44.3 Å². The molecule has 4 heterocycles. The van der Waals surface area contributed by atoms with Crippen LogP contribution in [0.2, 0.25) is 5.02 Å². The Hall–Kier alpha value is -2.48. The second-order valence-corrected chi connectivity index (χ2v) is 10.8. The third-order valence-corrected chi connectivity index (χ3v) is 7.83. The molecule has 2 aromatic rings. The summed E-state index contributed by atoms with van der Waals surface area (Å²) in [6, 6.07) is 1.72. The fourth-order valence-corrected chi connectivity index (χ4v) is 5.44. The lowest BCUT2D eigenvalue weighted by Gasteiger charge is -2.33. The van der Waals surface area contributed by atoms with Gasteiger partial charge in [0.15, 0.2) is 5.82 Å². The number of hydrogen-bond acceptors (Lipinski definition) is 11. The Morgan fingerprint density at radius 2 is 2.06 bits per heavy atom. The zero-order valence-electron chi connectivity index (χ0n) is 19.3. The highest BCUT2D eigenvalue weighted by Gasteiger charge is 2.44. The number of nitrogens with zero attached hydrogens (tertiary/aromatic N) is 6. The van der Waals surface area contributed by atoms with Gasteiger partial charge in [-0.2, -0.15) is 0 Å². The molecule has 1 unspecified atom stereocenters. The lowest BCUT2D eigenvalue weighted by atomic mass is 10.1. The van der Waals surface area contributed by atoms with Crippen molar-refractivity contribution in [3.8, 4) is 0 Å². The van der Waals surface area contributed by atoms with E-state index in [4.69, 9.17) is 25.6 Å². The van der Waals surface area contributed by atoms with Gasteiger partial charge in [-0.1, -0.05) is 16.8 Å². The van der Waals surface area contributed by atoms with Crippen molar-refractivity contribution in [2.24, 2.45) is 5.10 Å². The normalized spacial score (nSPS) is 24.9. The summed E-state index contributed by atoms with van der Waals surface area (Å²) < 4.78 is 45.9. The maximum Gasteiger partial charge on any atom is 0.240 e. The molecule has 0 amide bonds. The van der Waals surface area contributed by atoms with Crippen molar-refractivity contribution in [1.29, 1.82) is 0 Å². The molecule has 0 aliphatic carbocycles. The van der Waals surface area contributed by atoms with Crippen molar-refractivity contribution < 1.29 is 22.4 Å². The summed E-state index contributed by atoms with van der Waals surface area (Å²) in [6.07, 6.45) is 4.74. The van der Waals surface area contributed by atoms with Crippen LogP contribution in [-0.2, 0) is 26.0 Å². The van der Waals surface area contributed by atoms with Gasteiger partial charge in [0.05, 0.1) is 23.8 Å². The lowest BCUT2D eigenvalue weighted by Crippen LogP contribution is -2.53. The van der Waals surface area contributed by atoms with E-state index in [0.29, 0.717) is 10.7 Å². The van der Waals surface area contributed by atoms with Gasteiger partial charge in [-0.3, -0.25) is 9.73 Å². The van der Waals surface area contributed by atoms with E-state index in [0.717, 1.165) is 12.8 Å². The summed E-state index contributed by atoms with van der Waals surface area (Å²) in [4.78, 5) is 10.1. The summed E-state index contributed by atoms with van der Waals surface area (Å²) in [7, 11) is -0.785. The van der Waals surface area contributed by atoms with Gasteiger partial charge in [0.25, 0.3) is 0 Å². The van der Waals surface area contributed by atoms with Crippen LogP contribution >= 0.6 is 11.6 Å². The van der Waals surface area contributed by atoms with Crippen molar-refractivity contribution in [1.82, 2.24) is 29.8 Å². The van der Waals surface area contributed by atoms with Crippen LogP contribution < -0.4 is 4.72 Å². The third-order valence-electron chi connectivity index (χ3n) is 5.95. The minimum atomic E-state index is -3.98. The first kappa shape index (κ1) is 24.6.